The van der Waals surface area contributed by atoms with Crippen molar-refractivity contribution in [2.75, 3.05) is 0 Å². The van der Waals surface area contributed by atoms with Crippen LogP contribution >= 0.6 is 11.6 Å². The highest BCUT2D eigenvalue weighted by atomic mass is 35.5. The molecule has 0 aromatic heterocycles. The van der Waals surface area contributed by atoms with E-state index in [2.05, 4.69) is 41.5 Å². The molecule has 0 aliphatic rings. The van der Waals surface area contributed by atoms with Gasteiger partial charge in [0.1, 0.15) is 5.75 Å². The molecule has 0 aliphatic carbocycles. The van der Waals surface area contributed by atoms with Crippen LogP contribution in [0.2, 0.25) is 5.02 Å². The van der Waals surface area contributed by atoms with Crippen molar-refractivity contribution in [2.45, 2.75) is 52.4 Å². The minimum atomic E-state index is -0.102. The number of halogens is 1. The molecule has 0 atom stereocenters. The van der Waals surface area contributed by atoms with Crippen molar-refractivity contribution in [3.05, 3.63) is 28.3 Å². The summed E-state index contributed by atoms with van der Waals surface area (Å²) >= 11 is 6.12. The maximum atomic E-state index is 10.3. The van der Waals surface area contributed by atoms with Gasteiger partial charge in [-0.2, -0.15) is 0 Å². The minimum Gasteiger partial charge on any atom is -0.507 e. The van der Waals surface area contributed by atoms with E-state index in [-0.39, 0.29) is 10.8 Å². The Balaban J connectivity index is 3.51. The molecule has 90 valence electrons. The van der Waals surface area contributed by atoms with Crippen molar-refractivity contribution < 1.29 is 5.11 Å². The predicted octanol–water partition coefficient (Wildman–Crippen LogP) is 4.64. The number of phenols is 1. The molecule has 1 nitrogen and oxygen atoms in total. The molecule has 0 saturated carbocycles. The molecule has 0 saturated heterocycles. The van der Waals surface area contributed by atoms with Gasteiger partial charge >= 0.3 is 0 Å². The zero-order valence-corrected chi connectivity index (χ0v) is 11.7. The Hall–Kier alpha value is -0.690. The lowest BCUT2D eigenvalue weighted by molar-refractivity contribution is 0.423. The normalized spacial score (nSPS) is 12.9. The van der Waals surface area contributed by atoms with E-state index in [9.17, 15) is 5.11 Å². The average molecular weight is 241 g/mol. The highest BCUT2D eigenvalue weighted by Crippen LogP contribution is 2.40. The van der Waals surface area contributed by atoms with E-state index in [0.29, 0.717) is 10.8 Å². The number of benzene rings is 1. The molecule has 0 heterocycles. The Morgan fingerprint density at radius 1 is 0.875 bits per heavy atom. The second-order valence-corrected chi connectivity index (χ2v) is 6.79. The maximum Gasteiger partial charge on any atom is 0.123 e. The van der Waals surface area contributed by atoms with Crippen molar-refractivity contribution >= 4 is 11.6 Å². The van der Waals surface area contributed by atoms with E-state index in [1.807, 2.05) is 12.1 Å². The van der Waals surface area contributed by atoms with Gasteiger partial charge in [-0.05, 0) is 23.0 Å². The summed E-state index contributed by atoms with van der Waals surface area (Å²) in [7, 11) is 0. The lowest BCUT2D eigenvalue weighted by atomic mass is 9.79. The highest BCUT2D eigenvalue weighted by Gasteiger charge is 2.26. The van der Waals surface area contributed by atoms with Gasteiger partial charge in [0.25, 0.3) is 0 Å². The fourth-order valence-electron chi connectivity index (χ4n) is 1.74. The van der Waals surface area contributed by atoms with Crippen LogP contribution in [0.5, 0.6) is 5.75 Å². The first-order valence-electron chi connectivity index (χ1n) is 5.57. The number of aromatic hydroxyl groups is 1. The Kier molecular flexibility index (Phi) is 3.31. The molecule has 1 aromatic rings. The molecular formula is C14H21ClO. The van der Waals surface area contributed by atoms with Gasteiger partial charge in [0, 0.05) is 16.1 Å². The van der Waals surface area contributed by atoms with Crippen LogP contribution in [0, 0.1) is 0 Å². The van der Waals surface area contributed by atoms with Gasteiger partial charge in [-0.15, -0.1) is 0 Å². The molecule has 0 fully saturated rings. The van der Waals surface area contributed by atoms with Gasteiger partial charge in [0.05, 0.1) is 0 Å². The van der Waals surface area contributed by atoms with E-state index in [4.69, 9.17) is 11.6 Å². The lowest BCUT2D eigenvalue weighted by Crippen LogP contribution is -2.17. The predicted molar refractivity (Wildman–Crippen MR) is 70.5 cm³/mol. The van der Waals surface area contributed by atoms with E-state index < -0.39 is 0 Å². The van der Waals surface area contributed by atoms with Gasteiger partial charge in [0.2, 0.25) is 0 Å². The third-order valence-corrected chi connectivity index (χ3v) is 2.91. The van der Waals surface area contributed by atoms with Crippen LogP contribution in [-0.2, 0) is 10.8 Å². The Bertz CT molecular complexity index is 359. The molecule has 0 spiro atoms. The molecule has 1 aromatic carbocycles. The van der Waals surface area contributed by atoms with Crippen molar-refractivity contribution in [1.82, 2.24) is 0 Å². The topological polar surface area (TPSA) is 20.2 Å². The first-order valence-corrected chi connectivity index (χ1v) is 5.95. The SMILES string of the molecule is CC(C)(C)c1cc(Cl)cc(C(C)(C)C)c1O. The number of hydrogen-bond acceptors (Lipinski definition) is 1. The average Bonchev–Trinajstić information content (AvgIpc) is 2.04. The summed E-state index contributed by atoms with van der Waals surface area (Å²) in [5, 5.41) is 11.0. The second kappa shape index (κ2) is 3.96. The fourth-order valence-corrected chi connectivity index (χ4v) is 1.96. The molecular weight excluding hydrogens is 220 g/mol. The lowest BCUT2D eigenvalue weighted by Gasteiger charge is -2.27. The monoisotopic (exact) mass is 240 g/mol. The summed E-state index contributed by atoms with van der Waals surface area (Å²) in [5.41, 5.74) is 1.61. The zero-order valence-electron chi connectivity index (χ0n) is 11.0. The molecule has 0 aliphatic heterocycles. The van der Waals surface area contributed by atoms with Crippen LogP contribution in [-0.4, -0.2) is 5.11 Å². The van der Waals surface area contributed by atoms with E-state index in [1.165, 1.54) is 0 Å². The Labute approximate surface area is 103 Å². The smallest absolute Gasteiger partial charge is 0.123 e. The Morgan fingerprint density at radius 2 is 1.19 bits per heavy atom. The Morgan fingerprint density at radius 3 is 1.44 bits per heavy atom. The third kappa shape index (κ3) is 2.70. The van der Waals surface area contributed by atoms with E-state index >= 15 is 0 Å². The fraction of sp³-hybridized carbons (Fsp3) is 0.571. The third-order valence-electron chi connectivity index (χ3n) is 2.69. The number of rotatable bonds is 0. The van der Waals surface area contributed by atoms with Crippen LogP contribution < -0.4 is 0 Å². The van der Waals surface area contributed by atoms with Crippen molar-refractivity contribution in [1.29, 1.82) is 0 Å². The van der Waals surface area contributed by atoms with Crippen molar-refractivity contribution in [3.8, 4) is 5.75 Å². The van der Waals surface area contributed by atoms with Crippen LogP contribution in [0.4, 0.5) is 0 Å². The number of phenolic OH excluding ortho intramolecular Hbond substituents is 1. The summed E-state index contributed by atoms with van der Waals surface area (Å²) in [6.07, 6.45) is 0. The first kappa shape index (κ1) is 13.4. The van der Waals surface area contributed by atoms with Gasteiger partial charge in [0.15, 0.2) is 0 Å². The van der Waals surface area contributed by atoms with Crippen LogP contribution in [0.3, 0.4) is 0 Å². The molecule has 1 N–H and O–H groups in total. The van der Waals surface area contributed by atoms with Crippen LogP contribution in [0.25, 0.3) is 0 Å². The molecule has 0 radical (unpaired) electrons. The second-order valence-electron chi connectivity index (χ2n) is 6.35. The first-order chi connectivity index (χ1) is 7.03. The van der Waals surface area contributed by atoms with Gasteiger partial charge < -0.3 is 5.11 Å². The summed E-state index contributed by atoms with van der Waals surface area (Å²) in [6, 6.07) is 3.71. The van der Waals surface area contributed by atoms with E-state index in [1.54, 1.807) is 0 Å². The summed E-state index contributed by atoms with van der Waals surface area (Å²) in [6.45, 7) is 12.4. The zero-order chi connectivity index (χ0) is 12.7. The van der Waals surface area contributed by atoms with Crippen molar-refractivity contribution in [3.63, 3.8) is 0 Å². The molecule has 2 heteroatoms. The van der Waals surface area contributed by atoms with Gasteiger partial charge in [-0.25, -0.2) is 0 Å². The maximum absolute atomic E-state index is 10.3. The quantitative estimate of drug-likeness (QED) is 0.701. The summed E-state index contributed by atoms with van der Waals surface area (Å²) in [4.78, 5) is 0. The van der Waals surface area contributed by atoms with E-state index in [0.717, 1.165) is 11.1 Å². The molecule has 16 heavy (non-hydrogen) atoms. The minimum absolute atomic E-state index is 0.102. The van der Waals surface area contributed by atoms with Crippen LogP contribution in [0.15, 0.2) is 12.1 Å². The molecule has 0 unspecified atom stereocenters. The molecule has 0 bridgehead atoms. The largest absolute Gasteiger partial charge is 0.507 e. The van der Waals surface area contributed by atoms with Crippen molar-refractivity contribution in [2.24, 2.45) is 0 Å². The van der Waals surface area contributed by atoms with Gasteiger partial charge in [-0.3, -0.25) is 0 Å². The highest BCUT2D eigenvalue weighted by molar-refractivity contribution is 6.30. The van der Waals surface area contributed by atoms with Gasteiger partial charge in [-0.1, -0.05) is 53.1 Å². The number of hydrogen-bond donors (Lipinski definition) is 1. The molecule has 0 amide bonds. The standard InChI is InChI=1S/C14H21ClO/c1-13(2,3)10-7-9(15)8-11(12(10)16)14(4,5)6/h7-8,16H,1-6H3. The summed E-state index contributed by atoms with van der Waals surface area (Å²) in [5.74, 6) is 0.379. The molecule has 1 rings (SSSR count). The summed E-state index contributed by atoms with van der Waals surface area (Å²) < 4.78 is 0. The van der Waals surface area contributed by atoms with Crippen LogP contribution in [0.1, 0.15) is 52.7 Å².